The van der Waals surface area contributed by atoms with Crippen LogP contribution in [0, 0.1) is 5.92 Å². The Hall–Kier alpha value is -0.110. The summed E-state index contributed by atoms with van der Waals surface area (Å²) in [5.74, 6) is 0.753. The van der Waals surface area contributed by atoms with Crippen LogP contribution in [0.3, 0.4) is 0 Å². The lowest BCUT2D eigenvalue weighted by Gasteiger charge is -2.24. The van der Waals surface area contributed by atoms with Crippen LogP contribution >= 0.6 is 0 Å². The van der Waals surface area contributed by atoms with Crippen LogP contribution in [0.4, 0.5) is 4.39 Å². The summed E-state index contributed by atoms with van der Waals surface area (Å²) >= 11 is 0. The van der Waals surface area contributed by atoms with E-state index in [1.54, 1.807) is 0 Å². The zero-order valence-electron chi connectivity index (χ0n) is 7.93. The molecule has 0 radical (unpaired) electrons. The molecule has 12 heavy (non-hydrogen) atoms. The summed E-state index contributed by atoms with van der Waals surface area (Å²) in [5.41, 5.74) is 5.66. The summed E-state index contributed by atoms with van der Waals surface area (Å²) in [5, 5.41) is 0. The van der Waals surface area contributed by atoms with E-state index in [1.165, 1.54) is 6.42 Å². The number of rotatable bonds is 3. The maximum absolute atomic E-state index is 12.7. The van der Waals surface area contributed by atoms with E-state index in [2.05, 4.69) is 0 Å². The van der Waals surface area contributed by atoms with Gasteiger partial charge in [-0.2, -0.15) is 0 Å². The molecule has 1 aliphatic rings. The molecule has 0 heterocycles. The van der Waals surface area contributed by atoms with Gasteiger partial charge in [-0.3, -0.25) is 0 Å². The molecule has 0 aromatic carbocycles. The van der Waals surface area contributed by atoms with Crippen molar-refractivity contribution in [2.45, 2.75) is 57.7 Å². The molecule has 1 unspecified atom stereocenters. The summed E-state index contributed by atoms with van der Waals surface area (Å²) in [4.78, 5) is 0. The average molecular weight is 173 g/mol. The van der Waals surface area contributed by atoms with Crippen molar-refractivity contribution in [2.75, 3.05) is 0 Å². The van der Waals surface area contributed by atoms with E-state index in [9.17, 15) is 4.39 Å². The molecule has 0 spiro atoms. The predicted molar refractivity (Wildman–Crippen MR) is 49.7 cm³/mol. The standard InChI is InChI=1S/C10H20FN/c1-8(12)2-3-9-4-6-10(11)7-5-9/h8-10H,2-7,12H2,1H3. The monoisotopic (exact) mass is 173 g/mol. The zero-order valence-corrected chi connectivity index (χ0v) is 7.93. The molecule has 1 aliphatic carbocycles. The largest absolute Gasteiger partial charge is 0.328 e. The third-order valence-corrected chi connectivity index (χ3v) is 2.81. The van der Waals surface area contributed by atoms with Gasteiger partial charge in [0.2, 0.25) is 0 Å². The Morgan fingerprint density at radius 1 is 1.33 bits per heavy atom. The van der Waals surface area contributed by atoms with E-state index in [1.807, 2.05) is 6.92 Å². The van der Waals surface area contributed by atoms with Crippen LogP contribution in [0.5, 0.6) is 0 Å². The van der Waals surface area contributed by atoms with Gasteiger partial charge >= 0.3 is 0 Å². The fraction of sp³-hybridized carbons (Fsp3) is 1.00. The Kier molecular flexibility index (Phi) is 3.99. The maximum atomic E-state index is 12.7. The van der Waals surface area contributed by atoms with Crippen molar-refractivity contribution in [1.82, 2.24) is 0 Å². The molecule has 2 N–H and O–H groups in total. The highest BCUT2D eigenvalue weighted by molar-refractivity contribution is 4.72. The van der Waals surface area contributed by atoms with E-state index >= 15 is 0 Å². The average Bonchev–Trinajstić information content (AvgIpc) is 2.03. The molecule has 1 nitrogen and oxygen atoms in total. The lowest BCUT2D eigenvalue weighted by atomic mass is 9.84. The maximum Gasteiger partial charge on any atom is 0.100 e. The minimum absolute atomic E-state index is 0.313. The van der Waals surface area contributed by atoms with Crippen molar-refractivity contribution in [3.8, 4) is 0 Å². The minimum Gasteiger partial charge on any atom is -0.328 e. The topological polar surface area (TPSA) is 26.0 Å². The molecule has 1 atom stereocenters. The lowest BCUT2D eigenvalue weighted by molar-refractivity contribution is 0.198. The number of halogens is 1. The summed E-state index contributed by atoms with van der Waals surface area (Å²) < 4.78 is 12.7. The summed E-state index contributed by atoms with van der Waals surface area (Å²) in [6, 6.07) is 0.313. The Bertz CT molecular complexity index is 117. The van der Waals surface area contributed by atoms with E-state index < -0.39 is 6.17 Å². The van der Waals surface area contributed by atoms with Crippen LogP contribution in [0.1, 0.15) is 45.4 Å². The first-order valence-corrected chi connectivity index (χ1v) is 5.08. The van der Waals surface area contributed by atoms with Crippen LogP contribution in [0.15, 0.2) is 0 Å². The van der Waals surface area contributed by atoms with Gasteiger partial charge in [-0.25, -0.2) is 4.39 Å². The van der Waals surface area contributed by atoms with Gasteiger partial charge in [0.25, 0.3) is 0 Å². The molecule has 0 aromatic heterocycles. The van der Waals surface area contributed by atoms with Gasteiger partial charge in [-0.1, -0.05) is 0 Å². The number of hydrogen-bond donors (Lipinski definition) is 1. The highest BCUT2D eigenvalue weighted by Crippen LogP contribution is 2.29. The fourth-order valence-electron chi connectivity index (χ4n) is 1.91. The van der Waals surface area contributed by atoms with Crippen LogP contribution in [0.2, 0.25) is 0 Å². The molecule has 0 bridgehead atoms. The first-order valence-electron chi connectivity index (χ1n) is 5.08. The van der Waals surface area contributed by atoms with E-state index in [4.69, 9.17) is 5.73 Å². The third kappa shape index (κ3) is 3.53. The fourth-order valence-corrected chi connectivity index (χ4v) is 1.91. The highest BCUT2D eigenvalue weighted by atomic mass is 19.1. The molecule has 0 aromatic rings. The SMILES string of the molecule is CC(N)CCC1CCC(F)CC1. The van der Waals surface area contributed by atoms with Gasteiger partial charge in [0.05, 0.1) is 0 Å². The smallest absolute Gasteiger partial charge is 0.100 e. The molecule has 0 amide bonds. The second-order valence-electron chi connectivity index (χ2n) is 4.17. The van der Waals surface area contributed by atoms with Crippen molar-refractivity contribution < 1.29 is 4.39 Å². The first kappa shape index (κ1) is 9.97. The molecule has 72 valence electrons. The first-order chi connectivity index (χ1) is 5.68. The number of alkyl halides is 1. The summed E-state index contributed by atoms with van der Waals surface area (Å²) in [7, 11) is 0. The van der Waals surface area contributed by atoms with Gasteiger partial charge in [0, 0.05) is 6.04 Å². The van der Waals surface area contributed by atoms with Gasteiger partial charge in [0.1, 0.15) is 6.17 Å². The summed E-state index contributed by atoms with van der Waals surface area (Å²) in [6.45, 7) is 2.04. The van der Waals surface area contributed by atoms with Gasteiger partial charge in [-0.15, -0.1) is 0 Å². The predicted octanol–water partition coefficient (Wildman–Crippen LogP) is 2.64. The Morgan fingerprint density at radius 3 is 2.42 bits per heavy atom. The molecule has 2 heteroatoms. The second-order valence-corrected chi connectivity index (χ2v) is 4.17. The van der Waals surface area contributed by atoms with Gasteiger partial charge in [0.15, 0.2) is 0 Å². The highest BCUT2D eigenvalue weighted by Gasteiger charge is 2.20. The lowest BCUT2D eigenvalue weighted by Crippen LogP contribution is -2.19. The Labute approximate surface area is 74.5 Å². The summed E-state index contributed by atoms with van der Waals surface area (Å²) in [6.07, 6.45) is 5.50. The van der Waals surface area contributed by atoms with Crippen molar-refractivity contribution in [2.24, 2.45) is 11.7 Å². The molecule has 1 fully saturated rings. The number of hydrogen-bond acceptors (Lipinski definition) is 1. The normalized spacial score (nSPS) is 33.2. The van der Waals surface area contributed by atoms with Gasteiger partial charge in [-0.05, 0) is 51.4 Å². The van der Waals surface area contributed by atoms with E-state index in [0.29, 0.717) is 6.04 Å². The van der Waals surface area contributed by atoms with Crippen molar-refractivity contribution >= 4 is 0 Å². The van der Waals surface area contributed by atoms with Crippen molar-refractivity contribution in [3.05, 3.63) is 0 Å². The second kappa shape index (κ2) is 4.80. The molecular weight excluding hydrogens is 153 g/mol. The van der Waals surface area contributed by atoms with Crippen LogP contribution < -0.4 is 5.73 Å². The minimum atomic E-state index is -0.517. The molecule has 1 saturated carbocycles. The van der Waals surface area contributed by atoms with Crippen LogP contribution in [0.25, 0.3) is 0 Å². The quantitative estimate of drug-likeness (QED) is 0.697. The van der Waals surface area contributed by atoms with E-state index in [0.717, 1.165) is 38.0 Å². The zero-order chi connectivity index (χ0) is 8.97. The molecule has 1 rings (SSSR count). The van der Waals surface area contributed by atoms with Gasteiger partial charge < -0.3 is 5.73 Å². The Morgan fingerprint density at radius 2 is 1.92 bits per heavy atom. The van der Waals surface area contributed by atoms with Crippen LogP contribution in [-0.2, 0) is 0 Å². The molecule has 0 aliphatic heterocycles. The van der Waals surface area contributed by atoms with Crippen LogP contribution in [-0.4, -0.2) is 12.2 Å². The Balaban J connectivity index is 2.09. The molecular formula is C10H20FN. The van der Waals surface area contributed by atoms with Crippen molar-refractivity contribution in [1.29, 1.82) is 0 Å². The number of nitrogens with two attached hydrogens (primary N) is 1. The van der Waals surface area contributed by atoms with Crippen molar-refractivity contribution in [3.63, 3.8) is 0 Å². The third-order valence-electron chi connectivity index (χ3n) is 2.81. The van der Waals surface area contributed by atoms with E-state index in [-0.39, 0.29) is 0 Å². The molecule has 0 saturated heterocycles.